The second kappa shape index (κ2) is 9.07. The first-order valence-electron chi connectivity index (χ1n) is 9.93. The van der Waals surface area contributed by atoms with Crippen LogP contribution in [0.3, 0.4) is 0 Å². The first-order chi connectivity index (χ1) is 15.0. The molecule has 1 saturated heterocycles. The maximum Gasteiger partial charge on any atom is 0.416 e. The maximum atomic E-state index is 12.6. The molecule has 158 valence electrons. The first-order valence-corrected chi connectivity index (χ1v) is 9.93. The van der Waals surface area contributed by atoms with Crippen molar-refractivity contribution in [1.29, 1.82) is 0 Å². The fourth-order valence-corrected chi connectivity index (χ4v) is 3.24. The van der Waals surface area contributed by atoms with Gasteiger partial charge in [-0.2, -0.15) is 33.6 Å². The van der Waals surface area contributed by atoms with Crippen LogP contribution in [0.1, 0.15) is 18.4 Å². The van der Waals surface area contributed by atoms with Gasteiger partial charge in [0.1, 0.15) is 0 Å². The van der Waals surface area contributed by atoms with Crippen molar-refractivity contribution < 1.29 is 13.2 Å². The maximum absolute atomic E-state index is 12.6. The Morgan fingerprint density at radius 1 is 0.548 bits per heavy atom. The van der Waals surface area contributed by atoms with Crippen LogP contribution in [-0.4, -0.2) is 13.1 Å². The third-order valence-electron chi connectivity index (χ3n) is 4.93. The van der Waals surface area contributed by atoms with Crippen molar-refractivity contribution in [3.8, 4) is 0 Å². The van der Waals surface area contributed by atoms with Gasteiger partial charge in [-0.05, 0) is 85.6 Å². The molecule has 0 aromatic heterocycles. The SMILES string of the molecule is FC(F)(F)c1ccc(N=Nc2ccc(N=Nc3ccc(N4CCCC4)cc3)cc2)cc1. The normalized spacial score (nSPS) is 14.7. The van der Waals surface area contributed by atoms with Gasteiger partial charge in [0.05, 0.1) is 28.3 Å². The van der Waals surface area contributed by atoms with E-state index in [2.05, 4.69) is 37.5 Å². The Morgan fingerprint density at radius 3 is 1.29 bits per heavy atom. The van der Waals surface area contributed by atoms with Gasteiger partial charge in [0.15, 0.2) is 0 Å². The summed E-state index contributed by atoms with van der Waals surface area (Å²) >= 11 is 0. The van der Waals surface area contributed by atoms with Crippen molar-refractivity contribution in [2.45, 2.75) is 19.0 Å². The average molecular weight is 423 g/mol. The van der Waals surface area contributed by atoms with Crippen molar-refractivity contribution in [2.24, 2.45) is 20.5 Å². The Bertz CT molecular complexity index is 1050. The van der Waals surface area contributed by atoms with Crippen molar-refractivity contribution in [1.82, 2.24) is 0 Å². The highest BCUT2D eigenvalue weighted by Gasteiger charge is 2.29. The van der Waals surface area contributed by atoms with Gasteiger partial charge in [-0.15, -0.1) is 0 Å². The van der Waals surface area contributed by atoms with Crippen LogP contribution in [0.2, 0.25) is 0 Å². The lowest BCUT2D eigenvalue weighted by molar-refractivity contribution is -0.137. The van der Waals surface area contributed by atoms with Gasteiger partial charge in [-0.1, -0.05) is 0 Å². The predicted molar refractivity (Wildman–Crippen MR) is 114 cm³/mol. The highest BCUT2D eigenvalue weighted by Crippen LogP contribution is 2.31. The molecule has 1 fully saturated rings. The molecule has 8 heteroatoms. The number of alkyl halides is 3. The fraction of sp³-hybridized carbons (Fsp3) is 0.217. The largest absolute Gasteiger partial charge is 0.416 e. The van der Waals surface area contributed by atoms with Crippen LogP contribution in [0.25, 0.3) is 0 Å². The molecule has 0 bridgehead atoms. The molecular formula is C23H20F3N5. The van der Waals surface area contributed by atoms with Gasteiger partial charge in [0.2, 0.25) is 0 Å². The number of halogens is 3. The number of nitrogens with zero attached hydrogens (tertiary/aromatic N) is 5. The van der Waals surface area contributed by atoms with Gasteiger partial charge in [-0.25, -0.2) is 0 Å². The van der Waals surface area contributed by atoms with E-state index in [4.69, 9.17) is 0 Å². The highest BCUT2D eigenvalue weighted by molar-refractivity contribution is 5.54. The van der Waals surface area contributed by atoms with Crippen LogP contribution in [0, 0.1) is 0 Å². The van der Waals surface area contributed by atoms with Crippen LogP contribution >= 0.6 is 0 Å². The van der Waals surface area contributed by atoms with E-state index in [1.165, 1.54) is 30.7 Å². The quantitative estimate of drug-likeness (QED) is 0.382. The molecule has 0 spiro atoms. The van der Waals surface area contributed by atoms with Crippen LogP contribution in [0.4, 0.5) is 41.6 Å². The predicted octanol–water partition coefficient (Wildman–Crippen LogP) is 8.14. The Morgan fingerprint density at radius 2 is 0.903 bits per heavy atom. The highest BCUT2D eigenvalue weighted by atomic mass is 19.4. The minimum Gasteiger partial charge on any atom is -0.372 e. The standard InChI is InChI=1S/C23H20F3N5/c24-23(25,26)17-3-5-18(6-4-17)27-28-19-7-9-20(10-8-19)29-30-21-11-13-22(14-12-21)31-15-1-2-16-31/h3-14H,1-2,15-16H2. The first kappa shape index (κ1) is 20.7. The van der Waals surface area contributed by atoms with E-state index < -0.39 is 11.7 Å². The number of hydrogen-bond acceptors (Lipinski definition) is 5. The van der Waals surface area contributed by atoms with Crippen LogP contribution in [0.5, 0.6) is 0 Å². The molecule has 0 aliphatic carbocycles. The van der Waals surface area contributed by atoms with E-state index in [0.717, 1.165) is 30.9 Å². The lowest BCUT2D eigenvalue weighted by atomic mass is 10.2. The summed E-state index contributed by atoms with van der Waals surface area (Å²) in [6.07, 6.45) is -1.89. The van der Waals surface area contributed by atoms with Crippen molar-refractivity contribution in [3.05, 3.63) is 78.4 Å². The summed E-state index contributed by atoms with van der Waals surface area (Å²) in [5.74, 6) is 0. The molecule has 0 radical (unpaired) electrons. The Kier molecular flexibility index (Phi) is 6.06. The number of hydrogen-bond donors (Lipinski definition) is 0. The minimum atomic E-state index is -4.37. The van der Waals surface area contributed by atoms with Gasteiger partial charge in [0.25, 0.3) is 0 Å². The van der Waals surface area contributed by atoms with E-state index in [-0.39, 0.29) is 0 Å². The fourth-order valence-electron chi connectivity index (χ4n) is 3.24. The lowest BCUT2D eigenvalue weighted by Gasteiger charge is -2.17. The zero-order chi connectivity index (χ0) is 21.7. The van der Waals surface area contributed by atoms with Crippen LogP contribution in [0.15, 0.2) is 93.3 Å². The molecular weight excluding hydrogens is 403 g/mol. The zero-order valence-corrected chi connectivity index (χ0v) is 16.6. The van der Waals surface area contributed by atoms with E-state index in [0.29, 0.717) is 17.1 Å². The van der Waals surface area contributed by atoms with Crippen LogP contribution < -0.4 is 4.90 Å². The number of benzene rings is 3. The Balaban J connectivity index is 1.36. The molecule has 1 heterocycles. The lowest BCUT2D eigenvalue weighted by Crippen LogP contribution is -2.17. The third-order valence-corrected chi connectivity index (χ3v) is 4.93. The summed E-state index contributed by atoms with van der Waals surface area (Å²) in [5, 5.41) is 16.5. The molecule has 1 aliphatic heterocycles. The van der Waals surface area contributed by atoms with Gasteiger partial charge >= 0.3 is 6.18 Å². The van der Waals surface area contributed by atoms with Crippen molar-refractivity contribution in [2.75, 3.05) is 18.0 Å². The molecule has 31 heavy (non-hydrogen) atoms. The zero-order valence-electron chi connectivity index (χ0n) is 16.6. The number of anilines is 1. The Labute approximate surface area is 178 Å². The molecule has 5 nitrogen and oxygen atoms in total. The summed E-state index contributed by atoms with van der Waals surface area (Å²) in [5.41, 5.74) is 2.83. The molecule has 4 rings (SSSR count). The van der Waals surface area contributed by atoms with E-state index >= 15 is 0 Å². The molecule has 0 N–H and O–H groups in total. The second-order valence-electron chi connectivity index (χ2n) is 7.17. The van der Waals surface area contributed by atoms with Gasteiger partial charge < -0.3 is 4.90 Å². The van der Waals surface area contributed by atoms with Crippen LogP contribution in [-0.2, 0) is 6.18 Å². The van der Waals surface area contributed by atoms with Crippen molar-refractivity contribution in [3.63, 3.8) is 0 Å². The second-order valence-corrected chi connectivity index (χ2v) is 7.17. The van der Waals surface area contributed by atoms with Crippen molar-refractivity contribution >= 4 is 28.4 Å². The van der Waals surface area contributed by atoms with E-state index in [9.17, 15) is 13.2 Å². The molecule has 3 aromatic rings. The third kappa shape index (κ3) is 5.53. The van der Waals surface area contributed by atoms with Gasteiger partial charge in [-0.3, -0.25) is 0 Å². The summed E-state index contributed by atoms with van der Waals surface area (Å²) in [7, 11) is 0. The molecule has 0 saturated carbocycles. The molecule has 0 amide bonds. The Hall–Kier alpha value is -3.55. The monoisotopic (exact) mass is 423 g/mol. The molecule has 0 atom stereocenters. The number of rotatable bonds is 5. The topological polar surface area (TPSA) is 52.7 Å². The minimum absolute atomic E-state index is 0.342. The van der Waals surface area contributed by atoms with E-state index in [1.807, 2.05) is 12.1 Å². The van der Waals surface area contributed by atoms with Gasteiger partial charge in [0, 0.05) is 18.8 Å². The summed E-state index contributed by atoms with van der Waals surface area (Å²) in [4.78, 5) is 2.36. The molecule has 3 aromatic carbocycles. The summed E-state index contributed by atoms with van der Waals surface area (Å²) < 4.78 is 37.8. The summed E-state index contributed by atoms with van der Waals surface area (Å²) in [6.45, 7) is 2.20. The summed E-state index contributed by atoms with van der Waals surface area (Å²) in [6, 6.07) is 19.5. The smallest absolute Gasteiger partial charge is 0.372 e. The molecule has 0 unspecified atom stereocenters. The molecule has 1 aliphatic rings. The van der Waals surface area contributed by atoms with E-state index in [1.54, 1.807) is 24.3 Å². The number of azo groups is 2. The average Bonchev–Trinajstić information content (AvgIpc) is 3.32.